The number of rotatable bonds is 3. The van der Waals surface area contributed by atoms with Gasteiger partial charge in [0.15, 0.2) is 10.8 Å². The molecule has 0 aliphatic carbocycles. The van der Waals surface area contributed by atoms with E-state index in [1.54, 1.807) is 28.7 Å². The fourth-order valence-corrected chi connectivity index (χ4v) is 4.17. The molecule has 3 rings (SSSR count). The van der Waals surface area contributed by atoms with Crippen LogP contribution in [0.25, 0.3) is 5.52 Å². The molecular formula is C18H18N2O3S. The highest BCUT2D eigenvalue weighted by Crippen LogP contribution is 2.26. The lowest BCUT2D eigenvalue weighted by molar-refractivity contribution is 0.101. The Bertz CT molecular complexity index is 1060. The number of benzene rings is 1. The largest absolute Gasteiger partial charge is 0.304 e. The van der Waals surface area contributed by atoms with Gasteiger partial charge in [0.1, 0.15) is 6.33 Å². The van der Waals surface area contributed by atoms with E-state index in [1.165, 1.54) is 19.3 Å². The molecule has 0 saturated carbocycles. The van der Waals surface area contributed by atoms with Crippen molar-refractivity contribution in [1.82, 2.24) is 9.38 Å². The molecule has 2 aromatic heterocycles. The Morgan fingerprint density at radius 1 is 1.08 bits per heavy atom. The van der Waals surface area contributed by atoms with Crippen LogP contribution in [0.2, 0.25) is 0 Å². The van der Waals surface area contributed by atoms with Crippen molar-refractivity contribution in [3.8, 4) is 0 Å². The van der Waals surface area contributed by atoms with Gasteiger partial charge in [-0.15, -0.1) is 0 Å². The minimum Gasteiger partial charge on any atom is -0.304 e. The van der Waals surface area contributed by atoms with Crippen molar-refractivity contribution in [3.63, 3.8) is 0 Å². The minimum atomic E-state index is -3.70. The van der Waals surface area contributed by atoms with Crippen LogP contribution in [0.3, 0.4) is 0 Å². The Morgan fingerprint density at radius 2 is 1.71 bits per heavy atom. The molecule has 0 radical (unpaired) electrons. The summed E-state index contributed by atoms with van der Waals surface area (Å²) >= 11 is 0. The van der Waals surface area contributed by atoms with Gasteiger partial charge in [-0.2, -0.15) is 0 Å². The Kier molecular flexibility index (Phi) is 3.80. The van der Waals surface area contributed by atoms with E-state index in [4.69, 9.17) is 0 Å². The molecule has 0 bridgehead atoms. The molecule has 0 unspecified atom stereocenters. The van der Waals surface area contributed by atoms with Gasteiger partial charge in [-0.3, -0.25) is 4.79 Å². The highest BCUT2D eigenvalue weighted by atomic mass is 32.2. The highest BCUT2D eigenvalue weighted by Gasteiger charge is 2.22. The smallest absolute Gasteiger partial charge is 0.223 e. The van der Waals surface area contributed by atoms with Gasteiger partial charge in [0.05, 0.1) is 10.4 Å². The first-order chi connectivity index (χ1) is 11.2. The maximum Gasteiger partial charge on any atom is 0.223 e. The van der Waals surface area contributed by atoms with Gasteiger partial charge >= 0.3 is 0 Å². The van der Waals surface area contributed by atoms with E-state index in [0.29, 0.717) is 11.1 Å². The summed E-state index contributed by atoms with van der Waals surface area (Å²) < 4.78 is 27.3. The van der Waals surface area contributed by atoms with Gasteiger partial charge < -0.3 is 4.40 Å². The van der Waals surface area contributed by atoms with Crippen molar-refractivity contribution in [2.45, 2.75) is 37.6 Å². The van der Waals surface area contributed by atoms with E-state index in [0.717, 1.165) is 16.8 Å². The first-order valence-electron chi connectivity index (χ1n) is 7.53. The number of aryl methyl sites for hydroxylation is 3. The average molecular weight is 342 g/mol. The van der Waals surface area contributed by atoms with Crippen molar-refractivity contribution in [2.75, 3.05) is 0 Å². The van der Waals surface area contributed by atoms with Crippen molar-refractivity contribution in [1.29, 1.82) is 0 Å². The molecular weight excluding hydrogens is 324 g/mol. The number of hydrogen-bond acceptors (Lipinski definition) is 4. The molecule has 0 saturated heterocycles. The normalized spacial score (nSPS) is 11.8. The second-order valence-electron chi connectivity index (χ2n) is 5.94. The quantitative estimate of drug-likeness (QED) is 0.541. The van der Waals surface area contributed by atoms with Gasteiger partial charge in [0.25, 0.3) is 0 Å². The molecule has 0 atom stereocenters. The first kappa shape index (κ1) is 16.4. The Hall–Kier alpha value is -2.47. The SMILES string of the molecule is CC(=O)c1c(C)c2cc(S(=O)(=O)c3ccc(C)cc3)ncn2c1C. The number of nitrogens with zero attached hydrogens (tertiary/aromatic N) is 2. The lowest BCUT2D eigenvalue weighted by atomic mass is 10.1. The maximum absolute atomic E-state index is 12.8. The summed E-state index contributed by atoms with van der Waals surface area (Å²) in [5, 5.41) is -0.0189. The second kappa shape index (κ2) is 5.56. The van der Waals surface area contributed by atoms with Gasteiger partial charge in [-0.05, 0) is 45.4 Å². The number of carbonyl (C=O) groups excluding carboxylic acids is 1. The Balaban J connectivity index is 2.23. The molecule has 24 heavy (non-hydrogen) atoms. The monoisotopic (exact) mass is 342 g/mol. The standard InChI is InChI=1S/C18H18N2O3S/c1-11-5-7-15(8-6-11)24(22,23)17-9-16-12(2)18(14(4)21)13(3)20(16)10-19-17/h5-10H,1-4H3. The zero-order valence-corrected chi connectivity index (χ0v) is 14.8. The van der Waals surface area contributed by atoms with Crippen molar-refractivity contribution >= 4 is 21.1 Å². The van der Waals surface area contributed by atoms with E-state index in [2.05, 4.69) is 4.98 Å². The highest BCUT2D eigenvalue weighted by molar-refractivity contribution is 7.91. The third-order valence-corrected chi connectivity index (χ3v) is 5.93. The van der Waals surface area contributed by atoms with Gasteiger partial charge in [-0.25, -0.2) is 13.4 Å². The molecule has 124 valence electrons. The van der Waals surface area contributed by atoms with Crippen LogP contribution in [0.15, 0.2) is 46.6 Å². The number of sulfone groups is 1. The van der Waals surface area contributed by atoms with Gasteiger partial charge in [-0.1, -0.05) is 17.7 Å². The zero-order valence-electron chi connectivity index (χ0n) is 14.0. The van der Waals surface area contributed by atoms with Crippen LogP contribution >= 0.6 is 0 Å². The molecule has 3 aromatic rings. The predicted molar refractivity (Wildman–Crippen MR) is 91.3 cm³/mol. The molecule has 5 nitrogen and oxygen atoms in total. The van der Waals surface area contributed by atoms with Crippen LogP contribution in [-0.4, -0.2) is 23.6 Å². The third kappa shape index (κ3) is 2.43. The number of hydrogen-bond donors (Lipinski definition) is 0. The lowest BCUT2D eigenvalue weighted by Gasteiger charge is -2.06. The summed E-state index contributed by atoms with van der Waals surface area (Å²) in [6.07, 6.45) is 1.46. The van der Waals surface area contributed by atoms with Crippen molar-refractivity contribution < 1.29 is 13.2 Å². The van der Waals surface area contributed by atoms with Crippen LogP contribution in [0.1, 0.15) is 34.1 Å². The number of Topliss-reactive ketones (excluding diaryl/α,β-unsaturated/α-hetero) is 1. The van der Waals surface area contributed by atoms with E-state index in [1.807, 2.05) is 20.8 Å². The number of aromatic nitrogens is 2. The first-order valence-corrected chi connectivity index (χ1v) is 9.01. The fraction of sp³-hybridized carbons (Fsp3) is 0.222. The molecule has 0 N–H and O–H groups in total. The molecule has 0 aliphatic heterocycles. The van der Waals surface area contributed by atoms with E-state index in [9.17, 15) is 13.2 Å². The topological polar surface area (TPSA) is 68.5 Å². The molecule has 2 heterocycles. The summed E-state index contributed by atoms with van der Waals surface area (Å²) in [5.74, 6) is -0.0448. The predicted octanol–water partition coefficient (Wildman–Crippen LogP) is 3.29. The summed E-state index contributed by atoms with van der Waals surface area (Å²) in [5.41, 5.74) is 3.81. The van der Waals surface area contributed by atoms with Crippen LogP contribution in [0.5, 0.6) is 0 Å². The number of ketones is 1. The van der Waals surface area contributed by atoms with E-state index >= 15 is 0 Å². The molecule has 0 aliphatic rings. The van der Waals surface area contributed by atoms with E-state index < -0.39 is 9.84 Å². The number of fused-ring (bicyclic) bond motifs is 1. The summed E-state index contributed by atoms with van der Waals surface area (Å²) in [6, 6.07) is 8.20. The van der Waals surface area contributed by atoms with Crippen LogP contribution < -0.4 is 0 Å². The van der Waals surface area contributed by atoms with Crippen LogP contribution in [0, 0.1) is 20.8 Å². The molecule has 1 aromatic carbocycles. The number of carbonyl (C=O) groups is 1. The Morgan fingerprint density at radius 3 is 2.29 bits per heavy atom. The van der Waals surface area contributed by atoms with Gasteiger partial charge in [0.2, 0.25) is 9.84 Å². The van der Waals surface area contributed by atoms with Gasteiger partial charge in [0, 0.05) is 17.3 Å². The van der Waals surface area contributed by atoms with Crippen LogP contribution in [0.4, 0.5) is 0 Å². The molecule has 0 fully saturated rings. The molecule has 0 amide bonds. The summed E-state index contributed by atoms with van der Waals surface area (Å²) in [7, 11) is -3.70. The summed E-state index contributed by atoms with van der Waals surface area (Å²) in [6.45, 7) is 7.05. The van der Waals surface area contributed by atoms with Crippen LogP contribution in [-0.2, 0) is 9.84 Å². The third-order valence-electron chi connectivity index (χ3n) is 4.26. The van der Waals surface area contributed by atoms with E-state index in [-0.39, 0.29) is 15.7 Å². The van der Waals surface area contributed by atoms with Crippen molar-refractivity contribution in [3.05, 3.63) is 59.0 Å². The molecule has 0 spiro atoms. The summed E-state index contributed by atoms with van der Waals surface area (Å²) in [4.78, 5) is 16.2. The van der Waals surface area contributed by atoms with Crippen molar-refractivity contribution in [2.24, 2.45) is 0 Å². The maximum atomic E-state index is 12.8. The Labute approximate surface area is 140 Å². The zero-order chi connectivity index (χ0) is 17.6. The minimum absolute atomic E-state index is 0.0189. The second-order valence-corrected chi connectivity index (χ2v) is 7.84. The lowest BCUT2D eigenvalue weighted by Crippen LogP contribution is -2.06. The molecule has 6 heteroatoms. The fourth-order valence-electron chi connectivity index (χ4n) is 2.98. The average Bonchev–Trinajstić information content (AvgIpc) is 2.79.